The molecule has 3 rings (SSSR count). The van der Waals surface area contributed by atoms with Crippen LogP contribution in [-0.4, -0.2) is 21.6 Å². The van der Waals surface area contributed by atoms with Gasteiger partial charge in [0.15, 0.2) is 0 Å². The van der Waals surface area contributed by atoms with Gasteiger partial charge in [-0.15, -0.1) is 0 Å². The Morgan fingerprint density at radius 1 is 0.724 bits per heavy atom. The maximum Gasteiger partial charge on any atom is -0.00945 e. The van der Waals surface area contributed by atoms with Crippen LogP contribution in [0, 0.1) is 5.92 Å². The summed E-state index contributed by atoms with van der Waals surface area (Å²) in [6.07, 6.45) is 4.20. The van der Waals surface area contributed by atoms with E-state index in [4.69, 9.17) is 0 Å². The van der Waals surface area contributed by atoms with Crippen LogP contribution in [-0.2, 0) is 0 Å². The highest BCUT2D eigenvalue weighted by molar-refractivity contribution is 7.73. The Kier molecular flexibility index (Phi) is 7.29. The minimum Gasteiger partial charge on any atom is -0.0924 e. The molecule has 2 heteroatoms. The molecule has 0 saturated heterocycles. The molecule has 1 saturated carbocycles. The van der Waals surface area contributed by atoms with Crippen LogP contribution in [0.3, 0.4) is 0 Å². The summed E-state index contributed by atoms with van der Waals surface area (Å²) in [5, 5.41) is 3.91. The van der Waals surface area contributed by atoms with Gasteiger partial charge in [-0.2, -0.15) is 0 Å². The van der Waals surface area contributed by atoms with Crippen LogP contribution in [0.4, 0.5) is 0 Å². The molecule has 2 unspecified atom stereocenters. The standard InChI is InChI=1S/C27H40P2/c1-21(29(26(2,3)4)27(5,6)7)24-19-14-20-25(24)28(22-15-10-8-11-16-22)23-17-12-9-13-18-23/h8-13,15-18,21,24-25H,14,19-20H2,1-7H3/t21-,24?,25?/m1/s1. The number of hydrogen-bond donors (Lipinski definition) is 0. The molecule has 0 aromatic heterocycles. The summed E-state index contributed by atoms with van der Waals surface area (Å²) in [7, 11) is -0.404. The molecule has 0 spiro atoms. The lowest BCUT2D eigenvalue weighted by Gasteiger charge is -2.49. The second-order valence-corrected chi connectivity index (χ2v) is 17.3. The zero-order valence-corrected chi connectivity index (χ0v) is 21.3. The van der Waals surface area contributed by atoms with Crippen LogP contribution in [0.15, 0.2) is 60.7 Å². The van der Waals surface area contributed by atoms with E-state index in [0.29, 0.717) is 10.3 Å². The van der Waals surface area contributed by atoms with Gasteiger partial charge in [0.25, 0.3) is 0 Å². The third-order valence-electron chi connectivity index (χ3n) is 6.40. The van der Waals surface area contributed by atoms with Crippen molar-refractivity contribution in [1.29, 1.82) is 0 Å². The Morgan fingerprint density at radius 2 is 1.17 bits per heavy atom. The minimum absolute atomic E-state index is 0.0938. The average Bonchev–Trinajstić information content (AvgIpc) is 3.11. The molecular formula is C27H40P2. The van der Waals surface area contributed by atoms with Crippen molar-refractivity contribution in [3.05, 3.63) is 60.7 Å². The molecule has 0 heterocycles. The highest BCUT2D eigenvalue weighted by Crippen LogP contribution is 2.67. The monoisotopic (exact) mass is 426 g/mol. The Balaban J connectivity index is 2.00. The first kappa shape index (κ1) is 23.0. The fraction of sp³-hybridized carbons (Fsp3) is 0.556. The second kappa shape index (κ2) is 9.20. The fourth-order valence-electron chi connectivity index (χ4n) is 5.98. The number of benzene rings is 2. The Morgan fingerprint density at radius 3 is 1.59 bits per heavy atom. The van der Waals surface area contributed by atoms with Crippen molar-refractivity contribution >= 4 is 26.5 Å². The van der Waals surface area contributed by atoms with Crippen LogP contribution in [0.5, 0.6) is 0 Å². The number of rotatable bonds is 5. The summed E-state index contributed by atoms with van der Waals surface area (Å²) in [6, 6.07) is 22.8. The molecule has 1 fully saturated rings. The first-order valence-corrected chi connectivity index (χ1v) is 14.1. The number of hydrogen-bond acceptors (Lipinski definition) is 0. The predicted molar refractivity (Wildman–Crippen MR) is 136 cm³/mol. The van der Waals surface area contributed by atoms with Crippen molar-refractivity contribution in [3.8, 4) is 0 Å². The zero-order valence-electron chi connectivity index (χ0n) is 19.5. The Hall–Kier alpha value is -0.700. The molecule has 0 aliphatic heterocycles. The maximum absolute atomic E-state index is 2.61. The molecule has 0 radical (unpaired) electrons. The molecule has 0 bridgehead atoms. The lowest BCUT2D eigenvalue weighted by atomic mass is 10.0. The lowest BCUT2D eigenvalue weighted by Crippen LogP contribution is -2.37. The first-order chi connectivity index (χ1) is 13.6. The van der Waals surface area contributed by atoms with Crippen molar-refractivity contribution < 1.29 is 0 Å². The summed E-state index contributed by atoms with van der Waals surface area (Å²) >= 11 is 0. The molecule has 0 amide bonds. The normalized spacial score (nSPS) is 21.7. The molecule has 158 valence electrons. The van der Waals surface area contributed by atoms with Gasteiger partial charge in [-0.25, -0.2) is 0 Å². The smallest absolute Gasteiger partial charge is 0.00945 e. The maximum atomic E-state index is 2.61. The highest BCUT2D eigenvalue weighted by atomic mass is 31.1. The third-order valence-corrected chi connectivity index (χ3v) is 13.5. The van der Waals surface area contributed by atoms with Crippen molar-refractivity contribution in [1.82, 2.24) is 0 Å². The molecule has 29 heavy (non-hydrogen) atoms. The van der Waals surface area contributed by atoms with Gasteiger partial charge < -0.3 is 0 Å². The average molecular weight is 427 g/mol. The van der Waals surface area contributed by atoms with Crippen LogP contribution >= 0.6 is 15.8 Å². The molecule has 1 aliphatic rings. The predicted octanol–water partition coefficient (Wildman–Crippen LogP) is 7.76. The molecule has 1 aliphatic carbocycles. The first-order valence-electron chi connectivity index (χ1n) is 11.3. The minimum atomic E-state index is -0.310. The largest absolute Gasteiger partial charge is 0.0924 e. The van der Waals surface area contributed by atoms with Crippen molar-refractivity contribution in [2.45, 2.75) is 89.4 Å². The van der Waals surface area contributed by atoms with Gasteiger partial charge in [0.2, 0.25) is 0 Å². The summed E-state index contributed by atoms with van der Waals surface area (Å²) in [4.78, 5) is 0. The van der Waals surface area contributed by atoms with Crippen molar-refractivity contribution in [2.24, 2.45) is 5.92 Å². The zero-order chi connectivity index (χ0) is 21.2. The van der Waals surface area contributed by atoms with Gasteiger partial charge in [-0.3, -0.25) is 0 Å². The topological polar surface area (TPSA) is 0 Å². The summed E-state index contributed by atoms with van der Waals surface area (Å²) < 4.78 is 0. The Labute approximate surface area is 182 Å². The van der Waals surface area contributed by atoms with Crippen LogP contribution < -0.4 is 10.6 Å². The van der Waals surface area contributed by atoms with Crippen molar-refractivity contribution in [2.75, 3.05) is 0 Å². The van der Waals surface area contributed by atoms with Crippen LogP contribution in [0.1, 0.15) is 67.7 Å². The van der Waals surface area contributed by atoms with E-state index >= 15 is 0 Å². The summed E-state index contributed by atoms with van der Waals surface area (Å²) in [6.45, 7) is 17.5. The van der Waals surface area contributed by atoms with Crippen molar-refractivity contribution in [3.63, 3.8) is 0 Å². The van der Waals surface area contributed by atoms with Crippen LogP contribution in [0.2, 0.25) is 0 Å². The fourth-order valence-corrected chi connectivity index (χ4v) is 14.6. The van der Waals surface area contributed by atoms with E-state index in [1.807, 2.05) is 0 Å². The van der Waals surface area contributed by atoms with Gasteiger partial charge in [-0.1, -0.05) is 123 Å². The molecular weight excluding hydrogens is 386 g/mol. The molecule has 0 nitrogen and oxygen atoms in total. The lowest BCUT2D eigenvalue weighted by molar-refractivity contribution is 0.527. The van der Waals surface area contributed by atoms with E-state index in [0.717, 1.165) is 17.2 Å². The van der Waals surface area contributed by atoms with E-state index in [1.54, 1.807) is 10.6 Å². The van der Waals surface area contributed by atoms with Crippen LogP contribution in [0.25, 0.3) is 0 Å². The summed E-state index contributed by atoms with van der Waals surface area (Å²) in [5.74, 6) is 0.839. The second-order valence-electron chi connectivity index (χ2n) is 10.7. The van der Waals surface area contributed by atoms with Gasteiger partial charge in [0, 0.05) is 0 Å². The third kappa shape index (κ3) is 5.32. The van der Waals surface area contributed by atoms with E-state index in [-0.39, 0.29) is 15.8 Å². The van der Waals surface area contributed by atoms with Gasteiger partial charge in [0.1, 0.15) is 0 Å². The molecule has 3 atom stereocenters. The van der Waals surface area contributed by atoms with Gasteiger partial charge >= 0.3 is 0 Å². The Bertz CT molecular complexity index is 701. The summed E-state index contributed by atoms with van der Waals surface area (Å²) in [5.41, 5.74) is 1.61. The van der Waals surface area contributed by atoms with E-state index in [1.165, 1.54) is 19.3 Å². The molecule has 0 N–H and O–H groups in total. The molecule has 2 aromatic rings. The van der Waals surface area contributed by atoms with Gasteiger partial charge in [0.05, 0.1) is 0 Å². The van der Waals surface area contributed by atoms with E-state index in [2.05, 4.69) is 109 Å². The molecule has 2 aromatic carbocycles. The highest BCUT2D eigenvalue weighted by Gasteiger charge is 2.46. The van der Waals surface area contributed by atoms with Gasteiger partial charge in [-0.05, 0) is 58.9 Å². The SMILES string of the molecule is C[C@H](C1CCCC1P(c1ccccc1)c1ccccc1)P(C(C)(C)C)C(C)(C)C. The quantitative estimate of drug-likeness (QED) is 0.429. The van der Waals surface area contributed by atoms with E-state index in [9.17, 15) is 0 Å². The van der Waals surface area contributed by atoms with E-state index < -0.39 is 0 Å².